The number of carbonyl (C=O) groups is 3. The fraction of sp³-hybridized carbons (Fsp3) is 0.158. The topological polar surface area (TPSA) is 70.6 Å². The smallest absolute Gasteiger partial charge is 0.258 e. The maximum Gasteiger partial charge on any atom is 0.258 e. The molecule has 3 aromatic rings. The monoisotopic (exact) mass is 365 g/mol. The van der Waals surface area contributed by atoms with Crippen molar-refractivity contribution in [3.63, 3.8) is 0 Å². The Morgan fingerprint density at radius 1 is 1.08 bits per heavy atom. The van der Waals surface area contributed by atoms with Gasteiger partial charge in [-0.05, 0) is 30.3 Å². The number of benzene rings is 2. The van der Waals surface area contributed by atoms with Crippen molar-refractivity contribution in [2.75, 3.05) is 16.8 Å². The standard InChI is InChI=1S/C19H15N3O3S/c1-21(13-5-3-2-4-6-13)18(25)12-7-8-14-15(11-12)26-19(20-14)22-16(23)9-10-17(22)24/h2-8,11H,9-10H2,1H3. The maximum atomic E-state index is 12.7. The summed E-state index contributed by atoms with van der Waals surface area (Å²) in [7, 11) is 1.72. The molecular weight excluding hydrogens is 350 g/mol. The summed E-state index contributed by atoms with van der Waals surface area (Å²) in [6.45, 7) is 0. The van der Waals surface area contributed by atoms with Gasteiger partial charge in [-0.1, -0.05) is 29.5 Å². The van der Waals surface area contributed by atoms with Gasteiger partial charge < -0.3 is 4.90 Å². The van der Waals surface area contributed by atoms with Gasteiger partial charge in [0, 0.05) is 31.1 Å². The molecule has 0 aliphatic carbocycles. The van der Waals surface area contributed by atoms with Crippen LogP contribution in [0.5, 0.6) is 0 Å². The lowest BCUT2D eigenvalue weighted by Crippen LogP contribution is -2.28. The van der Waals surface area contributed by atoms with E-state index in [1.54, 1.807) is 30.1 Å². The van der Waals surface area contributed by atoms with Crippen molar-refractivity contribution in [2.24, 2.45) is 0 Å². The zero-order valence-electron chi connectivity index (χ0n) is 14.0. The molecule has 1 saturated heterocycles. The zero-order valence-corrected chi connectivity index (χ0v) is 14.8. The van der Waals surface area contributed by atoms with Gasteiger partial charge in [0.15, 0.2) is 5.13 Å². The number of para-hydroxylation sites is 1. The first kappa shape index (κ1) is 16.4. The second-order valence-corrected chi connectivity index (χ2v) is 7.01. The van der Waals surface area contributed by atoms with E-state index in [9.17, 15) is 14.4 Å². The predicted molar refractivity (Wildman–Crippen MR) is 101 cm³/mol. The van der Waals surface area contributed by atoms with Crippen LogP contribution in [-0.4, -0.2) is 29.8 Å². The summed E-state index contributed by atoms with van der Waals surface area (Å²) in [4.78, 5) is 43.6. The van der Waals surface area contributed by atoms with Gasteiger partial charge in [-0.2, -0.15) is 0 Å². The van der Waals surface area contributed by atoms with Crippen molar-refractivity contribution in [2.45, 2.75) is 12.8 Å². The maximum absolute atomic E-state index is 12.7. The van der Waals surface area contributed by atoms with Crippen LogP contribution in [0.2, 0.25) is 0 Å². The third-order valence-electron chi connectivity index (χ3n) is 4.32. The normalized spacial score (nSPS) is 14.3. The van der Waals surface area contributed by atoms with E-state index in [1.165, 1.54) is 11.3 Å². The molecule has 1 fully saturated rings. The van der Waals surface area contributed by atoms with E-state index in [-0.39, 0.29) is 30.6 Å². The molecule has 6 nitrogen and oxygen atoms in total. The molecule has 2 aromatic carbocycles. The van der Waals surface area contributed by atoms with Gasteiger partial charge in [0.05, 0.1) is 10.2 Å². The third-order valence-corrected chi connectivity index (χ3v) is 5.32. The van der Waals surface area contributed by atoms with Gasteiger partial charge in [-0.15, -0.1) is 0 Å². The first-order valence-electron chi connectivity index (χ1n) is 8.14. The van der Waals surface area contributed by atoms with E-state index in [2.05, 4.69) is 4.98 Å². The number of nitrogens with zero attached hydrogens (tertiary/aromatic N) is 3. The van der Waals surface area contributed by atoms with Crippen LogP contribution < -0.4 is 9.80 Å². The highest BCUT2D eigenvalue weighted by Gasteiger charge is 2.32. The van der Waals surface area contributed by atoms with Crippen LogP contribution >= 0.6 is 11.3 Å². The van der Waals surface area contributed by atoms with Crippen molar-refractivity contribution in [1.29, 1.82) is 0 Å². The highest BCUT2D eigenvalue weighted by molar-refractivity contribution is 7.22. The van der Waals surface area contributed by atoms with Gasteiger partial charge in [-0.25, -0.2) is 9.88 Å². The average Bonchev–Trinajstić information content (AvgIpc) is 3.22. The summed E-state index contributed by atoms with van der Waals surface area (Å²) in [5.74, 6) is -0.593. The van der Waals surface area contributed by atoms with Crippen LogP contribution in [0.1, 0.15) is 23.2 Å². The molecule has 0 unspecified atom stereocenters. The first-order chi connectivity index (χ1) is 12.5. The second kappa shape index (κ2) is 6.34. The minimum atomic E-state index is -0.228. The van der Waals surface area contributed by atoms with Gasteiger partial charge in [0.25, 0.3) is 5.91 Å². The molecule has 26 heavy (non-hydrogen) atoms. The van der Waals surface area contributed by atoms with E-state index in [0.29, 0.717) is 16.2 Å². The Balaban J connectivity index is 1.66. The minimum Gasteiger partial charge on any atom is -0.311 e. The van der Waals surface area contributed by atoms with Crippen molar-refractivity contribution in [3.05, 3.63) is 54.1 Å². The number of hydrogen-bond donors (Lipinski definition) is 0. The van der Waals surface area contributed by atoms with E-state index < -0.39 is 0 Å². The highest BCUT2D eigenvalue weighted by Crippen LogP contribution is 2.32. The third kappa shape index (κ3) is 2.76. The number of fused-ring (bicyclic) bond motifs is 1. The van der Waals surface area contributed by atoms with Crippen LogP contribution in [0.25, 0.3) is 10.2 Å². The number of hydrogen-bond acceptors (Lipinski definition) is 5. The molecular formula is C19H15N3O3S. The Morgan fingerprint density at radius 2 is 1.77 bits per heavy atom. The first-order valence-corrected chi connectivity index (χ1v) is 8.96. The van der Waals surface area contributed by atoms with Crippen LogP contribution in [0, 0.1) is 0 Å². The Morgan fingerprint density at radius 3 is 2.46 bits per heavy atom. The quantitative estimate of drug-likeness (QED) is 0.668. The zero-order chi connectivity index (χ0) is 18.3. The van der Waals surface area contributed by atoms with E-state index in [1.807, 2.05) is 30.3 Å². The van der Waals surface area contributed by atoms with Crippen LogP contribution in [0.15, 0.2) is 48.5 Å². The van der Waals surface area contributed by atoms with Crippen molar-refractivity contribution < 1.29 is 14.4 Å². The lowest BCUT2D eigenvalue weighted by Gasteiger charge is -2.17. The molecule has 7 heteroatoms. The van der Waals surface area contributed by atoms with E-state index >= 15 is 0 Å². The number of aromatic nitrogens is 1. The Kier molecular flexibility index (Phi) is 4.00. The molecule has 3 amide bonds. The molecule has 1 aliphatic heterocycles. The van der Waals surface area contributed by atoms with Crippen LogP contribution in [0.3, 0.4) is 0 Å². The van der Waals surface area contributed by atoms with E-state index in [4.69, 9.17) is 0 Å². The number of amides is 3. The number of thiazole rings is 1. The fourth-order valence-electron chi connectivity index (χ4n) is 2.89. The summed E-state index contributed by atoms with van der Waals surface area (Å²) >= 11 is 1.24. The van der Waals surface area contributed by atoms with Crippen molar-refractivity contribution >= 4 is 50.1 Å². The summed E-state index contributed by atoms with van der Waals surface area (Å²) in [6.07, 6.45) is 0.445. The van der Waals surface area contributed by atoms with Gasteiger partial charge in [0.2, 0.25) is 11.8 Å². The molecule has 1 aromatic heterocycles. The van der Waals surface area contributed by atoms with Crippen LogP contribution in [0.4, 0.5) is 10.8 Å². The molecule has 0 N–H and O–H groups in total. The average molecular weight is 365 g/mol. The number of imide groups is 1. The Hall–Kier alpha value is -3.06. The molecule has 0 atom stereocenters. The largest absolute Gasteiger partial charge is 0.311 e. The molecule has 0 bridgehead atoms. The molecule has 0 spiro atoms. The number of carbonyl (C=O) groups excluding carboxylic acids is 3. The minimum absolute atomic E-state index is 0.138. The molecule has 0 saturated carbocycles. The Labute approximate surface area is 153 Å². The van der Waals surface area contributed by atoms with Crippen molar-refractivity contribution in [1.82, 2.24) is 4.98 Å². The molecule has 2 heterocycles. The van der Waals surface area contributed by atoms with E-state index in [0.717, 1.165) is 15.3 Å². The lowest BCUT2D eigenvalue weighted by atomic mass is 10.2. The SMILES string of the molecule is CN(C(=O)c1ccc2nc(N3C(=O)CCC3=O)sc2c1)c1ccccc1. The fourth-order valence-corrected chi connectivity index (χ4v) is 3.93. The summed E-state index contributed by atoms with van der Waals surface area (Å²) in [6, 6.07) is 14.6. The van der Waals surface area contributed by atoms with Gasteiger partial charge in [-0.3, -0.25) is 14.4 Å². The number of rotatable bonds is 3. The summed E-state index contributed by atoms with van der Waals surface area (Å²) in [5, 5.41) is 0.369. The molecule has 130 valence electrons. The van der Waals surface area contributed by atoms with Crippen LogP contribution in [-0.2, 0) is 9.59 Å². The van der Waals surface area contributed by atoms with Crippen molar-refractivity contribution in [3.8, 4) is 0 Å². The second-order valence-electron chi connectivity index (χ2n) is 6.00. The predicted octanol–water partition coefficient (Wildman–Crippen LogP) is 3.23. The summed E-state index contributed by atoms with van der Waals surface area (Å²) < 4.78 is 0.764. The Bertz CT molecular complexity index is 1010. The lowest BCUT2D eigenvalue weighted by molar-refractivity contribution is -0.121. The molecule has 1 aliphatic rings. The summed E-state index contributed by atoms with van der Waals surface area (Å²) in [5.41, 5.74) is 1.99. The highest BCUT2D eigenvalue weighted by atomic mass is 32.1. The molecule has 0 radical (unpaired) electrons. The van der Waals surface area contributed by atoms with Gasteiger partial charge >= 0.3 is 0 Å². The molecule has 4 rings (SSSR count). The number of anilines is 2. The van der Waals surface area contributed by atoms with Gasteiger partial charge in [0.1, 0.15) is 0 Å².